The summed E-state index contributed by atoms with van der Waals surface area (Å²) >= 11 is 0. The van der Waals surface area contributed by atoms with Crippen LogP contribution < -0.4 is 20.4 Å². The van der Waals surface area contributed by atoms with E-state index >= 15 is 8.78 Å². The average molecular weight is 801 g/mol. The third-order valence-electron chi connectivity index (χ3n) is 10.3. The van der Waals surface area contributed by atoms with Gasteiger partial charge >= 0.3 is 0 Å². The van der Waals surface area contributed by atoms with Crippen LogP contribution in [0.4, 0.5) is 20.2 Å². The van der Waals surface area contributed by atoms with Crippen molar-refractivity contribution in [3.8, 4) is 11.1 Å². The standard InChI is InChI=1S/C43H42F2N10O4/c1-5-6-7-10-24(2)19-36-48-38(52-50-36)40(56)47-33-23-31(45)29-21-27(17-18-35(29)55(4)43(33)59)26-15-13-25(14-16-26)20-37-49-39(53-51-37)41(57)46-32-22-30(44)28-11-8-9-12-34(28)54(3)42(32)58/h5-18,21,30-33H,2,19-20,22-23H2,1,3-4H3,(H,46,57)(H,47,56)(H,48,50,52)(H,49,51,53)/b6-5-,10-7-/t30-,31+,32+,33-/m1/s1. The highest BCUT2D eigenvalue weighted by molar-refractivity contribution is 6.03. The fraction of sp³-hybridized carbons (Fsp3) is 0.256. The predicted molar refractivity (Wildman–Crippen MR) is 217 cm³/mol. The van der Waals surface area contributed by atoms with Gasteiger partial charge in [-0.05, 0) is 47.4 Å². The SMILES string of the molecule is C=C(/C=C\C=C/C)Cc1nnc(C(=O)N[C@@H]2C[C@H](F)c3cc(-c4ccc(Cc5nnc(C(=O)N[C@H]6C[C@@H](F)c7ccccc7N(C)C6=O)[nH]5)cc4)ccc3N(C)C2=O)[nH]1. The fourth-order valence-electron chi connectivity index (χ4n) is 7.16. The molecule has 2 aromatic heterocycles. The summed E-state index contributed by atoms with van der Waals surface area (Å²) in [7, 11) is 3.08. The highest BCUT2D eigenvalue weighted by Gasteiger charge is 2.36. The number of amides is 4. The highest BCUT2D eigenvalue weighted by atomic mass is 19.1. The van der Waals surface area contributed by atoms with E-state index in [-0.39, 0.29) is 24.5 Å². The molecule has 14 nitrogen and oxygen atoms in total. The van der Waals surface area contributed by atoms with Crippen LogP contribution in [0, 0.1) is 0 Å². The van der Waals surface area contributed by atoms with E-state index in [4.69, 9.17) is 0 Å². The van der Waals surface area contributed by atoms with Crippen molar-refractivity contribution in [2.24, 2.45) is 0 Å². The molecular weight excluding hydrogens is 759 g/mol. The van der Waals surface area contributed by atoms with Crippen molar-refractivity contribution in [3.05, 3.63) is 143 Å². The molecule has 2 aliphatic rings. The first kappa shape index (κ1) is 40.1. The Morgan fingerprint density at radius 1 is 0.763 bits per heavy atom. The van der Waals surface area contributed by atoms with Crippen LogP contribution in [0.25, 0.3) is 11.1 Å². The molecule has 16 heteroatoms. The van der Waals surface area contributed by atoms with Crippen molar-refractivity contribution in [2.75, 3.05) is 23.9 Å². The number of allylic oxidation sites excluding steroid dienone is 5. The van der Waals surface area contributed by atoms with E-state index in [0.29, 0.717) is 52.6 Å². The van der Waals surface area contributed by atoms with Gasteiger partial charge in [0.05, 0.1) is 0 Å². The second-order valence-electron chi connectivity index (χ2n) is 14.4. The molecule has 7 rings (SSSR count). The Morgan fingerprint density at radius 3 is 1.97 bits per heavy atom. The van der Waals surface area contributed by atoms with Crippen molar-refractivity contribution >= 4 is 35.0 Å². The van der Waals surface area contributed by atoms with Crippen LogP contribution in [0.15, 0.2) is 103 Å². The number of para-hydroxylation sites is 1. The predicted octanol–water partition coefficient (Wildman–Crippen LogP) is 5.76. The average Bonchev–Trinajstić information content (AvgIpc) is 3.89. The topological polar surface area (TPSA) is 182 Å². The van der Waals surface area contributed by atoms with Gasteiger partial charge in [0.15, 0.2) is 0 Å². The van der Waals surface area contributed by atoms with Gasteiger partial charge in [0.1, 0.15) is 36.1 Å². The Hall–Kier alpha value is -7.10. The van der Waals surface area contributed by atoms with Crippen LogP contribution >= 0.6 is 0 Å². The fourth-order valence-corrected chi connectivity index (χ4v) is 7.16. The number of anilines is 2. The van der Waals surface area contributed by atoms with Gasteiger partial charge in [0.25, 0.3) is 11.8 Å². The van der Waals surface area contributed by atoms with Crippen LogP contribution in [0.2, 0.25) is 0 Å². The van der Waals surface area contributed by atoms with Crippen LogP contribution in [-0.4, -0.2) is 80.2 Å². The first-order chi connectivity index (χ1) is 28.4. The molecule has 0 spiro atoms. The number of likely N-dealkylation sites (N-methyl/N-ethyl adjacent to an activating group) is 2. The lowest BCUT2D eigenvalue weighted by molar-refractivity contribution is -0.121. The monoisotopic (exact) mass is 800 g/mol. The third-order valence-corrected chi connectivity index (χ3v) is 10.3. The number of aromatic nitrogens is 6. The number of hydrogen-bond donors (Lipinski definition) is 4. The number of carbonyl (C=O) groups is 4. The molecule has 0 saturated carbocycles. The zero-order valence-corrected chi connectivity index (χ0v) is 32.6. The molecule has 2 aliphatic heterocycles. The molecule has 0 fully saturated rings. The van der Waals surface area contributed by atoms with Gasteiger partial charge in [-0.15, -0.1) is 20.4 Å². The molecule has 59 heavy (non-hydrogen) atoms. The summed E-state index contributed by atoms with van der Waals surface area (Å²) in [6.07, 6.45) is 4.50. The van der Waals surface area contributed by atoms with E-state index in [2.05, 4.69) is 47.6 Å². The minimum Gasteiger partial charge on any atom is -0.337 e. The zero-order valence-electron chi connectivity index (χ0n) is 32.6. The molecule has 4 atom stereocenters. The Bertz CT molecular complexity index is 2480. The van der Waals surface area contributed by atoms with Gasteiger partial charge in [-0.1, -0.05) is 79.4 Å². The molecule has 0 unspecified atom stereocenters. The largest absolute Gasteiger partial charge is 0.337 e. The van der Waals surface area contributed by atoms with E-state index in [9.17, 15) is 19.2 Å². The summed E-state index contributed by atoms with van der Waals surface area (Å²) in [5, 5.41) is 21.2. The maximum absolute atomic E-state index is 16.0. The molecule has 4 heterocycles. The van der Waals surface area contributed by atoms with Crippen molar-refractivity contribution in [3.63, 3.8) is 0 Å². The summed E-state index contributed by atoms with van der Waals surface area (Å²) in [5.41, 5.74) is 4.62. The van der Waals surface area contributed by atoms with E-state index in [1.165, 1.54) is 9.80 Å². The molecule has 0 saturated heterocycles. The Morgan fingerprint density at radius 2 is 1.32 bits per heavy atom. The van der Waals surface area contributed by atoms with Crippen molar-refractivity contribution in [1.29, 1.82) is 0 Å². The number of benzene rings is 3. The van der Waals surface area contributed by atoms with E-state index in [1.807, 2.05) is 55.5 Å². The van der Waals surface area contributed by atoms with E-state index in [0.717, 1.165) is 16.7 Å². The Kier molecular flexibility index (Phi) is 11.7. The summed E-state index contributed by atoms with van der Waals surface area (Å²) in [6.45, 7) is 5.87. The minimum absolute atomic E-state index is 0.0990. The molecular formula is C43H42F2N10O4. The van der Waals surface area contributed by atoms with Gasteiger partial charge < -0.3 is 30.4 Å². The summed E-state index contributed by atoms with van der Waals surface area (Å²) < 4.78 is 31.2. The number of fused-ring (bicyclic) bond motifs is 2. The number of alkyl halides is 2. The number of carbonyl (C=O) groups excluding carboxylic acids is 4. The smallest absolute Gasteiger partial charge is 0.289 e. The van der Waals surface area contributed by atoms with Gasteiger partial charge in [0, 0.05) is 62.3 Å². The number of nitrogens with zero attached hydrogens (tertiary/aromatic N) is 6. The van der Waals surface area contributed by atoms with Gasteiger partial charge in [-0.25, -0.2) is 8.78 Å². The van der Waals surface area contributed by atoms with Gasteiger partial charge in [-0.3, -0.25) is 19.2 Å². The summed E-state index contributed by atoms with van der Waals surface area (Å²) in [4.78, 5) is 61.2. The second-order valence-corrected chi connectivity index (χ2v) is 14.4. The van der Waals surface area contributed by atoms with Crippen LogP contribution in [0.5, 0.6) is 0 Å². The van der Waals surface area contributed by atoms with Crippen LogP contribution in [-0.2, 0) is 22.4 Å². The Balaban J connectivity index is 0.970. The van der Waals surface area contributed by atoms with Crippen molar-refractivity contribution in [1.82, 2.24) is 41.0 Å². The number of rotatable bonds is 11. The maximum Gasteiger partial charge on any atom is 0.289 e. The molecule has 0 bridgehead atoms. The summed E-state index contributed by atoms with van der Waals surface area (Å²) in [5.74, 6) is -1.69. The second kappa shape index (κ2) is 17.2. The summed E-state index contributed by atoms with van der Waals surface area (Å²) in [6, 6.07) is 17.1. The first-order valence-electron chi connectivity index (χ1n) is 19.0. The minimum atomic E-state index is -1.57. The first-order valence-corrected chi connectivity index (χ1v) is 19.0. The Labute approximate surface area is 338 Å². The van der Waals surface area contributed by atoms with Gasteiger partial charge in [-0.2, -0.15) is 0 Å². The lowest BCUT2D eigenvalue weighted by Crippen LogP contribution is -2.47. The maximum atomic E-state index is 16.0. The number of hydrogen-bond acceptors (Lipinski definition) is 8. The molecule has 4 N–H and O–H groups in total. The zero-order chi connectivity index (χ0) is 41.8. The number of aromatic amines is 2. The van der Waals surface area contributed by atoms with Crippen molar-refractivity contribution < 1.29 is 28.0 Å². The van der Waals surface area contributed by atoms with E-state index < -0.39 is 48.1 Å². The third kappa shape index (κ3) is 8.76. The quantitative estimate of drug-likeness (QED) is 0.122. The lowest BCUT2D eigenvalue weighted by atomic mass is 9.97. The van der Waals surface area contributed by atoms with Crippen LogP contribution in [0.3, 0.4) is 0 Å². The van der Waals surface area contributed by atoms with Crippen molar-refractivity contribution in [2.45, 2.75) is 57.0 Å². The van der Waals surface area contributed by atoms with E-state index in [1.54, 1.807) is 56.6 Å². The number of H-pyrrole nitrogens is 2. The molecule has 0 radical (unpaired) electrons. The molecule has 0 aliphatic carbocycles. The molecule has 5 aromatic rings. The highest BCUT2D eigenvalue weighted by Crippen LogP contribution is 2.38. The number of nitrogens with one attached hydrogen (secondary N) is 4. The molecule has 4 amide bonds. The lowest BCUT2D eigenvalue weighted by Gasteiger charge is -2.21. The number of halogens is 2. The molecule has 302 valence electrons. The normalized spacial score (nSPS) is 19.3. The van der Waals surface area contributed by atoms with Gasteiger partial charge in [0.2, 0.25) is 23.5 Å². The molecule has 3 aromatic carbocycles. The van der Waals surface area contributed by atoms with Crippen LogP contribution in [0.1, 0.15) is 81.7 Å².